The summed E-state index contributed by atoms with van der Waals surface area (Å²) >= 11 is 0. The van der Waals surface area contributed by atoms with Crippen LogP contribution in [0.4, 0.5) is 4.79 Å². The molecule has 1 aliphatic rings. The quantitative estimate of drug-likeness (QED) is 0.366. The number of hydrogen-bond donors (Lipinski definition) is 3. The van der Waals surface area contributed by atoms with Gasteiger partial charge in [-0.15, -0.1) is 0 Å². The Bertz CT molecular complexity index is 945. The zero-order chi connectivity index (χ0) is 24.3. The van der Waals surface area contributed by atoms with Gasteiger partial charge in [0.15, 0.2) is 0 Å². The number of hydrogen-bond acceptors (Lipinski definition) is 4. The largest absolute Gasteiger partial charge is 0.480 e. The van der Waals surface area contributed by atoms with Crippen LogP contribution >= 0.6 is 0 Å². The number of fused-ring (bicyclic) bond motifs is 3. The minimum atomic E-state index is -0.991. The normalized spacial score (nSPS) is 13.0. The third-order valence-electron chi connectivity index (χ3n) is 6.15. The zero-order valence-corrected chi connectivity index (χ0v) is 19.7. The zero-order valence-electron chi connectivity index (χ0n) is 19.7. The van der Waals surface area contributed by atoms with E-state index in [4.69, 9.17) is 9.84 Å². The summed E-state index contributed by atoms with van der Waals surface area (Å²) in [6.45, 7) is 2.70. The molecule has 0 bridgehead atoms. The topological polar surface area (TPSA) is 105 Å². The molecule has 0 heterocycles. The van der Waals surface area contributed by atoms with Gasteiger partial charge in [0.1, 0.15) is 12.6 Å². The summed E-state index contributed by atoms with van der Waals surface area (Å²) in [5.74, 6) is -1.17. The lowest BCUT2D eigenvalue weighted by Crippen LogP contribution is -2.40. The summed E-state index contributed by atoms with van der Waals surface area (Å²) < 4.78 is 5.52. The molecule has 0 saturated carbocycles. The predicted octanol–water partition coefficient (Wildman–Crippen LogP) is 4.85. The summed E-state index contributed by atoms with van der Waals surface area (Å²) in [5.41, 5.74) is 4.77. The van der Waals surface area contributed by atoms with E-state index in [0.29, 0.717) is 38.8 Å². The van der Waals surface area contributed by atoms with Crippen molar-refractivity contribution in [1.82, 2.24) is 10.6 Å². The maximum Gasteiger partial charge on any atom is 0.407 e. The van der Waals surface area contributed by atoms with Crippen molar-refractivity contribution in [3.8, 4) is 11.1 Å². The monoisotopic (exact) mass is 466 g/mol. The van der Waals surface area contributed by atoms with Crippen LogP contribution in [0.25, 0.3) is 11.1 Å². The number of unbranched alkanes of at least 4 members (excludes halogenated alkanes) is 3. The molecule has 1 unspecified atom stereocenters. The number of ether oxygens (including phenoxy) is 1. The van der Waals surface area contributed by atoms with Gasteiger partial charge in [-0.1, -0.05) is 74.7 Å². The van der Waals surface area contributed by atoms with Crippen LogP contribution in [0.15, 0.2) is 48.5 Å². The lowest BCUT2D eigenvalue weighted by molar-refractivity contribution is -0.142. The van der Waals surface area contributed by atoms with Crippen molar-refractivity contribution in [3.05, 3.63) is 59.7 Å². The average molecular weight is 467 g/mol. The standard InChI is InChI=1S/C27H34N2O5/c1-2-11-24(26(31)32)29-25(30)16-5-3-4-10-17-28-27(33)34-18-23-21-14-8-6-12-19(21)20-13-7-9-15-22(20)23/h6-9,12-15,23-24H,2-5,10-11,16-18H2,1H3,(H,28,33)(H,29,30)(H,31,32). The molecule has 34 heavy (non-hydrogen) atoms. The third-order valence-corrected chi connectivity index (χ3v) is 6.15. The fourth-order valence-electron chi connectivity index (χ4n) is 4.42. The number of carboxylic acid groups (broad SMARTS) is 1. The predicted molar refractivity (Wildman–Crippen MR) is 131 cm³/mol. The first-order valence-electron chi connectivity index (χ1n) is 12.1. The minimum absolute atomic E-state index is 0.0438. The van der Waals surface area contributed by atoms with Crippen LogP contribution < -0.4 is 10.6 Å². The van der Waals surface area contributed by atoms with E-state index in [1.54, 1.807) is 0 Å². The van der Waals surface area contributed by atoms with Gasteiger partial charge in [0.2, 0.25) is 5.91 Å². The molecule has 2 aromatic carbocycles. The van der Waals surface area contributed by atoms with Crippen LogP contribution in [0.3, 0.4) is 0 Å². The number of rotatable bonds is 13. The number of nitrogens with one attached hydrogen (secondary N) is 2. The molecule has 0 radical (unpaired) electrons. The second-order valence-corrected chi connectivity index (χ2v) is 8.66. The van der Waals surface area contributed by atoms with E-state index in [2.05, 4.69) is 34.9 Å². The summed E-state index contributed by atoms with van der Waals surface area (Å²) in [6.07, 6.45) is 4.22. The van der Waals surface area contributed by atoms with Crippen LogP contribution in [0.5, 0.6) is 0 Å². The van der Waals surface area contributed by atoms with Gasteiger partial charge in [0, 0.05) is 18.9 Å². The van der Waals surface area contributed by atoms with Gasteiger partial charge >= 0.3 is 12.1 Å². The number of amides is 2. The van der Waals surface area contributed by atoms with E-state index in [-0.39, 0.29) is 11.8 Å². The lowest BCUT2D eigenvalue weighted by Gasteiger charge is -2.14. The molecule has 3 N–H and O–H groups in total. The van der Waals surface area contributed by atoms with Gasteiger partial charge in [-0.25, -0.2) is 9.59 Å². The van der Waals surface area contributed by atoms with Crippen LogP contribution in [0.1, 0.15) is 68.9 Å². The summed E-state index contributed by atoms with van der Waals surface area (Å²) in [4.78, 5) is 35.2. The highest BCUT2D eigenvalue weighted by atomic mass is 16.5. The summed E-state index contributed by atoms with van der Waals surface area (Å²) in [7, 11) is 0. The number of carbonyl (C=O) groups is 3. The number of benzene rings is 2. The molecule has 3 rings (SSSR count). The van der Waals surface area contributed by atoms with E-state index in [0.717, 1.165) is 19.3 Å². The molecular weight excluding hydrogens is 432 g/mol. The minimum Gasteiger partial charge on any atom is -0.480 e. The fourth-order valence-corrected chi connectivity index (χ4v) is 4.42. The molecule has 1 atom stereocenters. The van der Waals surface area contributed by atoms with Gasteiger partial charge in [0.25, 0.3) is 0 Å². The molecule has 0 fully saturated rings. The molecular formula is C27H34N2O5. The Labute approximate surface area is 200 Å². The maximum atomic E-state index is 12.2. The van der Waals surface area contributed by atoms with Crippen LogP contribution in [0, 0.1) is 0 Å². The molecule has 1 aliphatic carbocycles. The van der Waals surface area contributed by atoms with Gasteiger partial charge in [-0.05, 0) is 41.5 Å². The van der Waals surface area contributed by atoms with E-state index < -0.39 is 18.1 Å². The lowest BCUT2D eigenvalue weighted by atomic mass is 9.98. The highest BCUT2D eigenvalue weighted by Gasteiger charge is 2.28. The Morgan fingerprint density at radius 3 is 2.18 bits per heavy atom. The van der Waals surface area contributed by atoms with Crippen molar-refractivity contribution in [3.63, 3.8) is 0 Å². The Hall–Kier alpha value is -3.35. The van der Waals surface area contributed by atoms with Crippen LogP contribution in [0.2, 0.25) is 0 Å². The van der Waals surface area contributed by atoms with Gasteiger partial charge in [-0.3, -0.25) is 4.79 Å². The van der Waals surface area contributed by atoms with Crippen molar-refractivity contribution in [2.24, 2.45) is 0 Å². The number of alkyl carbamates (subject to hydrolysis) is 1. The van der Waals surface area contributed by atoms with Crippen molar-refractivity contribution < 1.29 is 24.2 Å². The molecule has 182 valence electrons. The van der Waals surface area contributed by atoms with E-state index >= 15 is 0 Å². The SMILES string of the molecule is CCCC(NC(=O)CCCCCCNC(=O)OCC1c2ccccc2-c2ccccc21)C(=O)O. The maximum absolute atomic E-state index is 12.2. The fraction of sp³-hybridized carbons (Fsp3) is 0.444. The molecule has 0 aliphatic heterocycles. The Morgan fingerprint density at radius 2 is 1.56 bits per heavy atom. The summed E-state index contributed by atoms with van der Waals surface area (Å²) in [6, 6.07) is 15.7. The molecule has 0 saturated heterocycles. The molecule has 7 heteroatoms. The number of aliphatic carboxylic acids is 1. The second kappa shape index (κ2) is 12.8. The number of carboxylic acids is 1. The Kier molecular flexibility index (Phi) is 9.50. The van der Waals surface area contributed by atoms with Gasteiger partial charge < -0.3 is 20.5 Å². The third kappa shape index (κ3) is 6.83. The van der Waals surface area contributed by atoms with E-state index in [1.165, 1.54) is 22.3 Å². The molecule has 2 amide bonds. The Morgan fingerprint density at radius 1 is 0.941 bits per heavy atom. The second-order valence-electron chi connectivity index (χ2n) is 8.66. The first-order valence-corrected chi connectivity index (χ1v) is 12.1. The summed E-state index contributed by atoms with van der Waals surface area (Å²) in [5, 5.41) is 14.5. The first kappa shape index (κ1) is 25.3. The van der Waals surface area contributed by atoms with Crippen molar-refractivity contribution in [1.29, 1.82) is 0 Å². The van der Waals surface area contributed by atoms with E-state index in [1.807, 2.05) is 31.2 Å². The molecule has 0 spiro atoms. The Balaban J connectivity index is 1.30. The smallest absolute Gasteiger partial charge is 0.407 e. The van der Waals surface area contributed by atoms with Crippen LogP contribution in [-0.4, -0.2) is 42.3 Å². The van der Waals surface area contributed by atoms with Gasteiger partial charge in [-0.2, -0.15) is 0 Å². The first-order chi connectivity index (χ1) is 16.5. The average Bonchev–Trinajstić information content (AvgIpc) is 3.15. The highest BCUT2D eigenvalue weighted by molar-refractivity contribution is 5.83. The molecule has 0 aromatic heterocycles. The molecule has 2 aromatic rings. The highest BCUT2D eigenvalue weighted by Crippen LogP contribution is 2.44. The van der Waals surface area contributed by atoms with Gasteiger partial charge in [0.05, 0.1) is 0 Å². The van der Waals surface area contributed by atoms with Crippen molar-refractivity contribution in [2.75, 3.05) is 13.2 Å². The van der Waals surface area contributed by atoms with Crippen molar-refractivity contribution in [2.45, 2.75) is 63.8 Å². The number of carbonyl (C=O) groups excluding carboxylic acids is 2. The van der Waals surface area contributed by atoms with Crippen LogP contribution in [-0.2, 0) is 14.3 Å². The van der Waals surface area contributed by atoms with E-state index in [9.17, 15) is 14.4 Å². The molecule has 7 nitrogen and oxygen atoms in total. The van der Waals surface area contributed by atoms with Crippen molar-refractivity contribution >= 4 is 18.0 Å².